The van der Waals surface area contributed by atoms with E-state index in [0.717, 1.165) is 8.95 Å². The Morgan fingerprint density at radius 3 is 1.83 bits per heavy atom. The molecule has 1 aromatic heterocycles. The van der Waals surface area contributed by atoms with Crippen LogP contribution in [0.5, 0.6) is 0 Å². The molecule has 1 heterocycles. The highest BCUT2D eigenvalue weighted by Crippen LogP contribution is 2.36. The second kappa shape index (κ2) is 6.45. The standard InChI is InChI=1S/C26H15Br2N/c27-20-8-10-25-23(14-20)24-15-21(28)9-11-26(24)29(25)22-3-1-2-17(13-22)19-7-5-16-4-6-18(16)12-19/h1-15H. The van der Waals surface area contributed by atoms with E-state index >= 15 is 0 Å². The van der Waals surface area contributed by atoms with E-state index in [-0.39, 0.29) is 0 Å². The molecular weight excluding hydrogens is 486 g/mol. The average molecular weight is 501 g/mol. The second-order valence-corrected chi connectivity index (χ2v) is 9.22. The highest BCUT2D eigenvalue weighted by atomic mass is 79.9. The van der Waals surface area contributed by atoms with Crippen LogP contribution >= 0.6 is 31.9 Å². The summed E-state index contributed by atoms with van der Waals surface area (Å²) < 4.78 is 4.54. The molecule has 138 valence electrons. The first-order valence-corrected chi connectivity index (χ1v) is 11.1. The fourth-order valence-corrected chi connectivity index (χ4v) is 4.93. The van der Waals surface area contributed by atoms with Gasteiger partial charge in [0, 0.05) is 25.4 Å². The molecule has 1 aliphatic rings. The minimum Gasteiger partial charge on any atom is -0.309 e. The van der Waals surface area contributed by atoms with Gasteiger partial charge in [-0.1, -0.05) is 68.3 Å². The molecule has 0 bridgehead atoms. The van der Waals surface area contributed by atoms with Crippen molar-refractivity contribution in [2.45, 2.75) is 0 Å². The maximum Gasteiger partial charge on any atom is 0.0541 e. The summed E-state index contributed by atoms with van der Waals surface area (Å²) in [6, 6.07) is 28.5. The number of halogens is 2. The molecule has 5 aromatic rings. The summed E-state index contributed by atoms with van der Waals surface area (Å²) in [4.78, 5) is 0. The van der Waals surface area contributed by atoms with Gasteiger partial charge in [-0.2, -0.15) is 0 Å². The van der Waals surface area contributed by atoms with Gasteiger partial charge >= 0.3 is 0 Å². The lowest BCUT2D eigenvalue weighted by Gasteiger charge is -2.14. The maximum atomic E-state index is 3.64. The maximum absolute atomic E-state index is 3.64. The highest BCUT2D eigenvalue weighted by molar-refractivity contribution is 9.10. The molecule has 3 heteroatoms. The van der Waals surface area contributed by atoms with Crippen LogP contribution < -0.4 is 0 Å². The molecule has 6 rings (SSSR count). The van der Waals surface area contributed by atoms with Crippen molar-refractivity contribution < 1.29 is 0 Å². The van der Waals surface area contributed by atoms with Gasteiger partial charge in [-0.25, -0.2) is 0 Å². The molecule has 0 unspecified atom stereocenters. The Hall–Kier alpha value is -2.62. The molecule has 0 atom stereocenters. The first-order valence-electron chi connectivity index (χ1n) is 9.49. The van der Waals surface area contributed by atoms with Crippen LogP contribution in [0.25, 0.3) is 50.8 Å². The third-order valence-electron chi connectivity index (χ3n) is 5.66. The lowest BCUT2D eigenvalue weighted by molar-refractivity contribution is 1.18. The Kier molecular flexibility index (Phi) is 3.84. The fourth-order valence-electron chi connectivity index (χ4n) is 4.20. The Morgan fingerprint density at radius 1 is 0.552 bits per heavy atom. The molecule has 29 heavy (non-hydrogen) atoms. The molecular formula is C26H15Br2N. The number of rotatable bonds is 2. The molecule has 0 spiro atoms. The summed E-state index contributed by atoms with van der Waals surface area (Å²) in [6.07, 6.45) is 4.33. The molecule has 0 saturated carbocycles. The van der Waals surface area contributed by atoms with E-state index in [1.54, 1.807) is 0 Å². The molecule has 0 aliphatic heterocycles. The van der Waals surface area contributed by atoms with Gasteiger partial charge in [-0.05, 0) is 76.9 Å². The van der Waals surface area contributed by atoms with Crippen LogP contribution in [0.4, 0.5) is 0 Å². The molecule has 4 aromatic carbocycles. The third kappa shape index (κ3) is 2.72. The number of hydrogen-bond acceptors (Lipinski definition) is 0. The van der Waals surface area contributed by atoms with Crippen molar-refractivity contribution in [2.75, 3.05) is 0 Å². The molecule has 0 N–H and O–H groups in total. The first kappa shape index (κ1) is 17.3. The Morgan fingerprint density at radius 2 is 1.21 bits per heavy atom. The topological polar surface area (TPSA) is 4.93 Å². The van der Waals surface area contributed by atoms with Crippen LogP contribution in [0.15, 0.2) is 87.8 Å². The zero-order valence-corrected chi connectivity index (χ0v) is 18.5. The van der Waals surface area contributed by atoms with Gasteiger partial charge in [-0.3, -0.25) is 0 Å². The number of hydrogen-bond donors (Lipinski definition) is 0. The average Bonchev–Trinajstić information content (AvgIpc) is 3.02. The van der Waals surface area contributed by atoms with Crippen molar-refractivity contribution in [1.29, 1.82) is 0 Å². The number of fused-ring (bicyclic) bond motifs is 4. The van der Waals surface area contributed by atoms with Crippen molar-refractivity contribution in [2.24, 2.45) is 0 Å². The number of benzene rings is 4. The summed E-state index contributed by atoms with van der Waals surface area (Å²) in [5.74, 6) is 0. The molecule has 0 fully saturated rings. The van der Waals surface area contributed by atoms with Gasteiger partial charge < -0.3 is 4.57 Å². The van der Waals surface area contributed by atoms with Crippen LogP contribution in [-0.2, 0) is 0 Å². The van der Waals surface area contributed by atoms with Crippen molar-refractivity contribution in [3.05, 3.63) is 98.9 Å². The lowest BCUT2D eigenvalue weighted by Crippen LogP contribution is -1.95. The summed E-state index contributed by atoms with van der Waals surface area (Å²) in [5.41, 5.74) is 8.71. The van der Waals surface area contributed by atoms with Crippen molar-refractivity contribution in [3.63, 3.8) is 0 Å². The van der Waals surface area contributed by atoms with E-state index in [1.807, 2.05) is 0 Å². The third-order valence-corrected chi connectivity index (χ3v) is 6.64. The quantitative estimate of drug-likeness (QED) is 0.224. The SMILES string of the molecule is Brc1ccc2c(c1)c1cc(Br)ccc1n2-c1cccc(-c2ccc3c(c2)C=C3)c1. The van der Waals surface area contributed by atoms with E-state index in [1.165, 1.54) is 49.7 Å². The van der Waals surface area contributed by atoms with E-state index in [4.69, 9.17) is 0 Å². The Balaban J connectivity index is 1.61. The molecule has 1 aliphatic carbocycles. The zero-order valence-electron chi connectivity index (χ0n) is 15.4. The van der Waals surface area contributed by atoms with E-state index in [9.17, 15) is 0 Å². The largest absolute Gasteiger partial charge is 0.309 e. The molecule has 1 nitrogen and oxygen atoms in total. The van der Waals surface area contributed by atoms with Gasteiger partial charge in [0.05, 0.1) is 11.0 Å². The second-order valence-electron chi connectivity index (χ2n) is 7.39. The molecule has 0 saturated heterocycles. The van der Waals surface area contributed by atoms with E-state index in [0.29, 0.717) is 0 Å². The van der Waals surface area contributed by atoms with E-state index < -0.39 is 0 Å². The normalized spacial score (nSPS) is 12.3. The summed E-state index contributed by atoms with van der Waals surface area (Å²) in [7, 11) is 0. The zero-order chi connectivity index (χ0) is 19.5. The van der Waals surface area contributed by atoms with Gasteiger partial charge in [0.15, 0.2) is 0 Å². The molecule has 0 amide bonds. The van der Waals surface area contributed by atoms with E-state index in [2.05, 4.69) is 127 Å². The fraction of sp³-hybridized carbons (Fsp3) is 0. The summed E-state index contributed by atoms with van der Waals surface area (Å²) in [5, 5.41) is 2.49. The Labute approximate surface area is 185 Å². The van der Waals surface area contributed by atoms with Crippen LogP contribution in [0.3, 0.4) is 0 Å². The van der Waals surface area contributed by atoms with Crippen LogP contribution in [-0.4, -0.2) is 4.57 Å². The Bertz CT molecular complexity index is 1410. The monoisotopic (exact) mass is 499 g/mol. The van der Waals surface area contributed by atoms with Crippen LogP contribution in [0, 0.1) is 0 Å². The van der Waals surface area contributed by atoms with Crippen molar-refractivity contribution >= 4 is 65.8 Å². The minimum absolute atomic E-state index is 1.09. The minimum atomic E-state index is 1.09. The van der Waals surface area contributed by atoms with Gasteiger partial charge in [0.2, 0.25) is 0 Å². The predicted octanol–water partition coefficient (Wildman–Crippen LogP) is 8.46. The smallest absolute Gasteiger partial charge is 0.0541 e. The summed E-state index contributed by atoms with van der Waals surface area (Å²) >= 11 is 7.27. The number of aromatic nitrogens is 1. The summed E-state index contributed by atoms with van der Waals surface area (Å²) in [6.45, 7) is 0. The van der Waals surface area contributed by atoms with Gasteiger partial charge in [0.1, 0.15) is 0 Å². The lowest BCUT2D eigenvalue weighted by atomic mass is 9.93. The predicted molar refractivity (Wildman–Crippen MR) is 131 cm³/mol. The highest BCUT2D eigenvalue weighted by Gasteiger charge is 2.14. The van der Waals surface area contributed by atoms with Crippen LogP contribution in [0.1, 0.15) is 11.1 Å². The van der Waals surface area contributed by atoms with Crippen molar-refractivity contribution in [1.82, 2.24) is 4.57 Å². The van der Waals surface area contributed by atoms with Gasteiger partial charge in [-0.15, -0.1) is 0 Å². The number of nitrogens with zero attached hydrogens (tertiary/aromatic N) is 1. The first-order chi connectivity index (χ1) is 14.2. The van der Waals surface area contributed by atoms with Gasteiger partial charge in [0.25, 0.3) is 0 Å². The van der Waals surface area contributed by atoms with Crippen molar-refractivity contribution in [3.8, 4) is 16.8 Å². The molecule has 0 radical (unpaired) electrons. The van der Waals surface area contributed by atoms with Crippen LogP contribution in [0.2, 0.25) is 0 Å².